The molecule has 0 unspecified atom stereocenters. The third kappa shape index (κ3) is 5.50. The largest absolute Gasteiger partial charge is 0.356 e. The summed E-state index contributed by atoms with van der Waals surface area (Å²) in [4.78, 5) is 15.7. The van der Waals surface area contributed by atoms with Crippen molar-refractivity contribution in [2.24, 2.45) is 0 Å². The Balaban J connectivity index is 1.50. The molecule has 1 amide bonds. The molecule has 2 aromatic rings. The predicted molar refractivity (Wildman–Crippen MR) is 81.6 cm³/mol. The second-order valence-electron chi connectivity index (χ2n) is 4.55. The zero-order valence-corrected chi connectivity index (χ0v) is 12.2. The standard InChI is InChI=1S/C15H19N3OS/c19-15(9-13-4-8-20-12-13)18-7-2-6-17-11-14-3-1-5-16-10-14/h1,3-5,8,10,12,17H,2,6-7,9,11H2,(H,18,19). The molecule has 20 heavy (non-hydrogen) atoms. The van der Waals surface area contributed by atoms with E-state index in [-0.39, 0.29) is 5.91 Å². The van der Waals surface area contributed by atoms with E-state index < -0.39 is 0 Å². The van der Waals surface area contributed by atoms with E-state index in [0.717, 1.165) is 25.1 Å². The van der Waals surface area contributed by atoms with Gasteiger partial charge in [0.15, 0.2) is 0 Å². The molecule has 0 atom stereocenters. The van der Waals surface area contributed by atoms with Crippen LogP contribution in [-0.4, -0.2) is 24.0 Å². The van der Waals surface area contributed by atoms with Crippen molar-refractivity contribution < 1.29 is 4.79 Å². The van der Waals surface area contributed by atoms with E-state index in [2.05, 4.69) is 15.6 Å². The third-order valence-corrected chi connectivity index (χ3v) is 3.58. The highest BCUT2D eigenvalue weighted by Crippen LogP contribution is 2.06. The summed E-state index contributed by atoms with van der Waals surface area (Å²) < 4.78 is 0. The number of carbonyl (C=O) groups is 1. The number of carbonyl (C=O) groups excluding carboxylic acids is 1. The number of thiophene rings is 1. The van der Waals surface area contributed by atoms with Gasteiger partial charge in [-0.25, -0.2) is 0 Å². The Morgan fingerprint density at radius 3 is 2.95 bits per heavy atom. The molecule has 0 fully saturated rings. The van der Waals surface area contributed by atoms with Crippen LogP contribution in [0.3, 0.4) is 0 Å². The fourth-order valence-corrected chi connectivity index (χ4v) is 2.49. The van der Waals surface area contributed by atoms with Crippen LogP contribution < -0.4 is 10.6 Å². The first-order valence-electron chi connectivity index (χ1n) is 6.72. The fourth-order valence-electron chi connectivity index (χ4n) is 1.82. The molecule has 0 radical (unpaired) electrons. The van der Waals surface area contributed by atoms with Crippen LogP contribution in [0.15, 0.2) is 41.4 Å². The zero-order valence-electron chi connectivity index (χ0n) is 11.3. The summed E-state index contributed by atoms with van der Waals surface area (Å²) in [5.41, 5.74) is 2.26. The van der Waals surface area contributed by atoms with Gasteiger partial charge in [0.1, 0.15) is 0 Å². The Morgan fingerprint density at radius 1 is 1.25 bits per heavy atom. The van der Waals surface area contributed by atoms with Gasteiger partial charge in [-0.2, -0.15) is 11.3 Å². The van der Waals surface area contributed by atoms with Gasteiger partial charge < -0.3 is 10.6 Å². The van der Waals surface area contributed by atoms with Crippen LogP contribution in [0.25, 0.3) is 0 Å². The highest BCUT2D eigenvalue weighted by Gasteiger charge is 2.02. The Morgan fingerprint density at radius 2 is 2.20 bits per heavy atom. The number of rotatable bonds is 8. The number of nitrogens with one attached hydrogen (secondary N) is 2. The SMILES string of the molecule is O=C(Cc1ccsc1)NCCCNCc1cccnc1. The Labute approximate surface area is 123 Å². The van der Waals surface area contributed by atoms with Crippen LogP contribution in [0.5, 0.6) is 0 Å². The molecular weight excluding hydrogens is 270 g/mol. The lowest BCUT2D eigenvalue weighted by molar-refractivity contribution is -0.120. The Kier molecular flexibility index (Phi) is 6.20. The molecule has 2 N–H and O–H groups in total. The Bertz CT molecular complexity index is 499. The van der Waals surface area contributed by atoms with E-state index in [1.165, 1.54) is 5.56 Å². The summed E-state index contributed by atoms with van der Waals surface area (Å²) in [7, 11) is 0. The van der Waals surface area contributed by atoms with Gasteiger partial charge in [-0.05, 0) is 47.0 Å². The molecule has 4 nitrogen and oxygen atoms in total. The molecule has 2 heterocycles. The number of hydrogen-bond donors (Lipinski definition) is 2. The minimum atomic E-state index is 0.0932. The van der Waals surface area contributed by atoms with E-state index in [1.54, 1.807) is 17.5 Å². The van der Waals surface area contributed by atoms with Crippen molar-refractivity contribution in [2.75, 3.05) is 13.1 Å². The number of hydrogen-bond acceptors (Lipinski definition) is 4. The Hall–Kier alpha value is -1.72. The average Bonchev–Trinajstić information content (AvgIpc) is 2.96. The number of nitrogens with zero attached hydrogens (tertiary/aromatic N) is 1. The highest BCUT2D eigenvalue weighted by molar-refractivity contribution is 7.07. The lowest BCUT2D eigenvalue weighted by Crippen LogP contribution is -2.28. The molecule has 2 rings (SSSR count). The van der Waals surface area contributed by atoms with Gasteiger partial charge in [-0.15, -0.1) is 0 Å². The van der Waals surface area contributed by atoms with Crippen molar-refractivity contribution >= 4 is 17.2 Å². The van der Waals surface area contributed by atoms with Crippen molar-refractivity contribution in [1.82, 2.24) is 15.6 Å². The first kappa shape index (κ1) is 14.7. The molecule has 0 aromatic carbocycles. The van der Waals surface area contributed by atoms with Gasteiger partial charge >= 0.3 is 0 Å². The molecule has 0 aliphatic carbocycles. The van der Waals surface area contributed by atoms with Crippen molar-refractivity contribution in [3.63, 3.8) is 0 Å². The van der Waals surface area contributed by atoms with Crippen molar-refractivity contribution in [1.29, 1.82) is 0 Å². The predicted octanol–water partition coefficient (Wildman–Crippen LogP) is 1.98. The third-order valence-electron chi connectivity index (χ3n) is 2.85. The summed E-state index contributed by atoms with van der Waals surface area (Å²) in [6, 6.07) is 5.96. The van der Waals surface area contributed by atoms with Gasteiger partial charge in [-0.3, -0.25) is 9.78 Å². The maximum absolute atomic E-state index is 11.6. The number of pyridine rings is 1. The molecule has 0 spiro atoms. The average molecular weight is 289 g/mol. The minimum absolute atomic E-state index is 0.0932. The topological polar surface area (TPSA) is 54.0 Å². The first-order valence-corrected chi connectivity index (χ1v) is 7.66. The van der Waals surface area contributed by atoms with E-state index in [9.17, 15) is 4.79 Å². The van der Waals surface area contributed by atoms with Gasteiger partial charge in [0.25, 0.3) is 0 Å². The van der Waals surface area contributed by atoms with E-state index in [4.69, 9.17) is 0 Å². The van der Waals surface area contributed by atoms with Gasteiger partial charge in [0.05, 0.1) is 6.42 Å². The van der Waals surface area contributed by atoms with Gasteiger partial charge in [0, 0.05) is 25.5 Å². The first-order chi connectivity index (χ1) is 9.84. The molecule has 0 aliphatic heterocycles. The van der Waals surface area contributed by atoms with Crippen molar-refractivity contribution in [2.45, 2.75) is 19.4 Å². The summed E-state index contributed by atoms with van der Waals surface area (Å²) in [5, 5.41) is 10.3. The van der Waals surface area contributed by atoms with Crippen LogP contribution in [0, 0.1) is 0 Å². The summed E-state index contributed by atoms with van der Waals surface area (Å²) in [6.07, 6.45) is 5.03. The summed E-state index contributed by atoms with van der Waals surface area (Å²) in [5.74, 6) is 0.0932. The maximum atomic E-state index is 11.6. The van der Waals surface area contributed by atoms with E-state index >= 15 is 0 Å². The zero-order chi connectivity index (χ0) is 14.0. The lowest BCUT2D eigenvalue weighted by atomic mass is 10.2. The van der Waals surface area contributed by atoms with Crippen molar-refractivity contribution in [3.05, 3.63) is 52.5 Å². The number of aromatic nitrogens is 1. The molecule has 0 aliphatic rings. The minimum Gasteiger partial charge on any atom is -0.356 e. The monoisotopic (exact) mass is 289 g/mol. The molecular formula is C15H19N3OS. The highest BCUT2D eigenvalue weighted by atomic mass is 32.1. The maximum Gasteiger partial charge on any atom is 0.224 e. The second-order valence-corrected chi connectivity index (χ2v) is 5.33. The molecule has 2 aromatic heterocycles. The van der Waals surface area contributed by atoms with Crippen LogP contribution in [0.4, 0.5) is 0 Å². The second kappa shape index (κ2) is 8.45. The van der Waals surface area contributed by atoms with Crippen LogP contribution in [0.1, 0.15) is 17.5 Å². The van der Waals surface area contributed by atoms with Crippen LogP contribution >= 0.6 is 11.3 Å². The smallest absolute Gasteiger partial charge is 0.224 e. The van der Waals surface area contributed by atoms with Gasteiger partial charge in [0.2, 0.25) is 5.91 Å². The normalized spacial score (nSPS) is 10.4. The molecule has 5 heteroatoms. The molecule has 0 saturated carbocycles. The quantitative estimate of drug-likeness (QED) is 0.731. The van der Waals surface area contributed by atoms with Crippen LogP contribution in [-0.2, 0) is 17.8 Å². The molecule has 0 saturated heterocycles. The summed E-state index contributed by atoms with van der Waals surface area (Å²) >= 11 is 1.62. The van der Waals surface area contributed by atoms with E-state index in [0.29, 0.717) is 13.0 Å². The lowest BCUT2D eigenvalue weighted by Gasteiger charge is -2.06. The van der Waals surface area contributed by atoms with Crippen molar-refractivity contribution in [3.8, 4) is 0 Å². The molecule has 0 bridgehead atoms. The van der Waals surface area contributed by atoms with Crippen LogP contribution in [0.2, 0.25) is 0 Å². The fraction of sp³-hybridized carbons (Fsp3) is 0.333. The summed E-state index contributed by atoms with van der Waals surface area (Å²) in [6.45, 7) is 2.41. The van der Waals surface area contributed by atoms with Gasteiger partial charge in [-0.1, -0.05) is 6.07 Å². The number of amides is 1. The van der Waals surface area contributed by atoms with E-state index in [1.807, 2.05) is 35.2 Å². The molecule has 106 valence electrons.